The monoisotopic (exact) mass is 195 g/mol. The van der Waals surface area contributed by atoms with Crippen molar-refractivity contribution in [1.29, 1.82) is 0 Å². The van der Waals surface area contributed by atoms with Crippen LogP contribution >= 0.6 is 0 Å². The molecule has 0 saturated heterocycles. The highest BCUT2D eigenvalue weighted by Crippen LogP contribution is 2.03. The summed E-state index contributed by atoms with van der Waals surface area (Å²) in [6, 6.07) is 2.76. The average Bonchev–Trinajstić information content (AvgIpc) is 2.47. The molecule has 1 aromatic heterocycles. The van der Waals surface area contributed by atoms with Gasteiger partial charge in [-0.15, -0.1) is 0 Å². The molecule has 0 spiro atoms. The molecular weight excluding hydrogens is 174 g/mol. The molecule has 0 atom stereocenters. The Kier molecular flexibility index (Phi) is 4.14. The van der Waals surface area contributed by atoms with Crippen molar-refractivity contribution in [1.82, 2.24) is 15.1 Å². The Hall–Kier alpha value is -0.830. The van der Waals surface area contributed by atoms with Crippen molar-refractivity contribution in [2.45, 2.75) is 46.2 Å². The Balaban J connectivity index is 2.48. The van der Waals surface area contributed by atoms with Crippen LogP contribution in [0, 0.1) is 6.92 Å². The highest BCUT2D eigenvalue weighted by molar-refractivity contribution is 5.08. The summed E-state index contributed by atoms with van der Waals surface area (Å²) in [7, 11) is 2.00. The zero-order valence-corrected chi connectivity index (χ0v) is 9.67. The molecule has 1 aromatic rings. The second kappa shape index (κ2) is 5.15. The Morgan fingerprint density at radius 1 is 1.43 bits per heavy atom. The third-order valence-electron chi connectivity index (χ3n) is 2.66. The van der Waals surface area contributed by atoms with Gasteiger partial charge in [0.25, 0.3) is 0 Å². The highest BCUT2D eigenvalue weighted by Gasteiger charge is 2.05. The molecule has 0 radical (unpaired) electrons. The van der Waals surface area contributed by atoms with E-state index < -0.39 is 0 Å². The first-order valence-electron chi connectivity index (χ1n) is 5.40. The van der Waals surface area contributed by atoms with Crippen LogP contribution in [0.25, 0.3) is 0 Å². The third kappa shape index (κ3) is 2.84. The van der Waals surface area contributed by atoms with E-state index in [1.54, 1.807) is 0 Å². The highest BCUT2D eigenvalue weighted by atomic mass is 15.3. The Morgan fingerprint density at radius 3 is 2.50 bits per heavy atom. The number of rotatable bonds is 5. The summed E-state index contributed by atoms with van der Waals surface area (Å²) in [6.45, 7) is 7.38. The van der Waals surface area contributed by atoms with Crippen molar-refractivity contribution in [3.05, 3.63) is 17.5 Å². The second-order valence-corrected chi connectivity index (χ2v) is 3.79. The van der Waals surface area contributed by atoms with Gasteiger partial charge < -0.3 is 5.32 Å². The van der Waals surface area contributed by atoms with Crippen LogP contribution in [0.5, 0.6) is 0 Å². The molecule has 0 aromatic carbocycles. The van der Waals surface area contributed by atoms with Crippen LogP contribution < -0.4 is 5.32 Å². The van der Waals surface area contributed by atoms with Gasteiger partial charge in [-0.25, -0.2) is 0 Å². The Labute approximate surface area is 86.5 Å². The van der Waals surface area contributed by atoms with Gasteiger partial charge in [0.1, 0.15) is 0 Å². The number of hydrogen-bond acceptors (Lipinski definition) is 2. The molecule has 0 aliphatic heterocycles. The van der Waals surface area contributed by atoms with Gasteiger partial charge in [-0.1, -0.05) is 13.8 Å². The van der Waals surface area contributed by atoms with Gasteiger partial charge in [-0.2, -0.15) is 5.10 Å². The van der Waals surface area contributed by atoms with Crippen LogP contribution in [0.3, 0.4) is 0 Å². The molecule has 0 fully saturated rings. The molecule has 0 saturated carbocycles. The van der Waals surface area contributed by atoms with Crippen LogP contribution in [0.1, 0.15) is 38.1 Å². The second-order valence-electron chi connectivity index (χ2n) is 3.79. The van der Waals surface area contributed by atoms with Crippen molar-refractivity contribution in [3.63, 3.8) is 0 Å². The van der Waals surface area contributed by atoms with Gasteiger partial charge in [-0.3, -0.25) is 4.68 Å². The van der Waals surface area contributed by atoms with E-state index in [2.05, 4.69) is 30.3 Å². The van der Waals surface area contributed by atoms with Gasteiger partial charge in [0.05, 0.1) is 11.4 Å². The maximum atomic E-state index is 4.32. The molecule has 0 bridgehead atoms. The molecular formula is C11H21N3. The van der Waals surface area contributed by atoms with Gasteiger partial charge >= 0.3 is 0 Å². The van der Waals surface area contributed by atoms with Crippen molar-refractivity contribution < 1.29 is 0 Å². The predicted molar refractivity (Wildman–Crippen MR) is 59.2 cm³/mol. The van der Waals surface area contributed by atoms with Gasteiger partial charge in [-0.05, 0) is 25.8 Å². The fourth-order valence-electron chi connectivity index (χ4n) is 1.66. The smallest absolute Gasteiger partial charge is 0.0597 e. The van der Waals surface area contributed by atoms with Crippen LogP contribution in [-0.2, 0) is 13.6 Å². The predicted octanol–water partition coefficient (Wildman–Crippen LogP) is 2.01. The lowest BCUT2D eigenvalue weighted by Crippen LogP contribution is -2.27. The molecule has 0 aliphatic carbocycles. The third-order valence-corrected chi connectivity index (χ3v) is 2.66. The van der Waals surface area contributed by atoms with E-state index in [1.165, 1.54) is 18.5 Å². The van der Waals surface area contributed by atoms with Crippen molar-refractivity contribution in [2.75, 3.05) is 0 Å². The number of nitrogens with one attached hydrogen (secondary N) is 1. The summed E-state index contributed by atoms with van der Waals surface area (Å²) in [5.41, 5.74) is 2.35. The normalized spacial score (nSPS) is 11.2. The maximum Gasteiger partial charge on any atom is 0.0597 e. The zero-order valence-electron chi connectivity index (χ0n) is 9.67. The first-order chi connectivity index (χ1) is 6.67. The standard InChI is InChI=1S/C11H21N3/c1-5-10(6-2)12-8-11-7-9(3)13-14(11)4/h7,10,12H,5-6,8H2,1-4H3. The summed E-state index contributed by atoms with van der Waals surface area (Å²) >= 11 is 0. The lowest BCUT2D eigenvalue weighted by Gasteiger charge is -2.14. The molecule has 0 aliphatic rings. The molecule has 0 unspecified atom stereocenters. The summed E-state index contributed by atoms with van der Waals surface area (Å²) in [6.07, 6.45) is 2.38. The van der Waals surface area contributed by atoms with Crippen molar-refractivity contribution >= 4 is 0 Å². The molecule has 14 heavy (non-hydrogen) atoms. The number of aromatic nitrogens is 2. The fourth-order valence-corrected chi connectivity index (χ4v) is 1.66. The largest absolute Gasteiger partial charge is 0.308 e. The van der Waals surface area contributed by atoms with Gasteiger partial charge in [0.2, 0.25) is 0 Å². The molecule has 1 rings (SSSR count). The van der Waals surface area contributed by atoms with Crippen molar-refractivity contribution in [2.24, 2.45) is 7.05 Å². The van der Waals surface area contributed by atoms with E-state index >= 15 is 0 Å². The first kappa shape index (κ1) is 11.2. The van der Waals surface area contributed by atoms with Crippen LogP contribution in [0.15, 0.2) is 6.07 Å². The first-order valence-corrected chi connectivity index (χ1v) is 5.40. The SMILES string of the molecule is CCC(CC)NCc1cc(C)nn1C. The van der Waals surface area contributed by atoms with Crippen LogP contribution in [-0.4, -0.2) is 15.8 Å². The van der Waals surface area contributed by atoms with E-state index in [9.17, 15) is 0 Å². The molecule has 0 amide bonds. The lowest BCUT2D eigenvalue weighted by molar-refractivity contribution is 0.472. The maximum absolute atomic E-state index is 4.32. The molecule has 1 N–H and O–H groups in total. The lowest BCUT2D eigenvalue weighted by atomic mass is 10.2. The van der Waals surface area contributed by atoms with E-state index in [1.807, 2.05) is 18.7 Å². The molecule has 3 nitrogen and oxygen atoms in total. The summed E-state index contributed by atoms with van der Waals surface area (Å²) in [5, 5.41) is 7.85. The quantitative estimate of drug-likeness (QED) is 0.779. The number of aryl methyl sites for hydroxylation is 2. The van der Waals surface area contributed by atoms with E-state index in [0.29, 0.717) is 6.04 Å². The molecule has 80 valence electrons. The molecule has 1 heterocycles. The number of hydrogen-bond donors (Lipinski definition) is 1. The van der Waals surface area contributed by atoms with E-state index in [4.69, 9.17) is 0 Å². The topological polar surface area (TPSA) is 29.9 Å². The average molecular weight is 195 g/mol. The van der Waals surface area contributed by atoms with Gasteiger partial charge in [0.15, 0.2) is 0 Å². The van der Waals surface area contributed by atoms with Crippen LogP contribution in [0.4, 0.5) is 0 Å². The Morgan fingerprint density at radius 2 is 2.07 bits per heavy atom. The minimum Gasteiger partial charge on any atom is -0.308 e. The Bertz CT molecular complexity index is 274. The number of nitrogens with zero attached hydrogens (tertiary/aromatic N) is 2. The fraction of sp³-hybridized carbons (Fsp3) is 0.727. The van der Waals surface area contributed by atoms with Crippen molar-refractivity contribution in [3.8, 4) is 0 Å². The van der Waals surface area contributed by atoms with E-state index in [-0.39, 0.29) is 0 Å². The summed E-state index contributed by atoms with van der Waals surface area (Å²) in [4.78, 5) is 0. The minimum absolute atomic E-state index is 0.630. The van der Waals surface area contributed by atoms with Crippen LogP contribution in [0.2, 0.25) is 0 Å². The van der Waals surface area contributed by atoms with E-state index in [0.717, 1.165) is 12.2 Å². The van der Waals surface area contributed by atoms with Gasteiger partial charge in [0, 0.05) is 19.6 Å². The minimum atomic E-state index is 0.630. The summed E-state index contributed by atoms with van der Waals surface area (Å²) < 4.78 is 1.95. The zero-order chi connectivity index (χ0) is 10.6. The molecule has 3 heteroatoms. The summed E-state index contributed by atoms with van der Waals surface area (Å²) in [5.74, 6) is 0.